The second-order valence-electron chi connectivity index (χ2n) is 6.10. The third-order valence-electron chi connectivity index (χ3n) is 3.69. The van der Waals surface area contributed by atoms with E-state index in [1.807, 2.05) is 0 Å². The molecular weight excluding hydrogens is 459 g/mol. The van der Waals surface area contributed by atoms with E-state index >= 15 is 0 Å². The molecule has 0 aliphatic rings. The molecular formula is C21H20Cl2N4O5. The molecule has 0 radical (unpaired) electrons. The minimum atomic E-state index is -0.915. The maximum absolute atomic E-state index is 12.1. The van der Waals surface area contributed by atoms with Crippen molar-refractivity contribution in [3.8, 4) is 11.5 Å². The van der Waals surface area contributed by atoms with Crippen LogP contribution < -0.4 is 25.5 Å². The average Bonchev–Trinajstić information content (AvgIpc) is 2.75. The Labute approximate surface area is 194 Å². The Morgan fingerprint density at radius 3 is 2.44 bits per heavy atom. The van der Waals surface area contributed by atoms with Gasteiger partial charge in [-0.1, -0.05) is 29.3 Å². The number of hydrogen-bond donors (Lipinski definition) is 3. The number of ether oxygens (including phenoxy) is 2. The smallest absolute Gasteiger partial charge is 0.329 e. The van der Waals surface area contributed by atoms with Gasteiger partial charge in [-0.25, -0.2) is 5.43 Å². The van der Waals surface area contributed by atoms with E-state index < -0.39 is 17.7 Å². The second kappa shape index (κ2) is 12.3. The van der Waals surface area contributed by atoms with E-state index in [2.05, 4.69) is 27.7 Å². The first-order valence-electron chi connectivity index (χ1n) is 9.11. The highest BCUT2D eigenvalue weighted by atomic mass is 35.5. The van der Waals surface area contributed by atoms with Crippen LogP contribution >= 0.6 is 23.2 Å². The van der Waals surface area contributed by atoms with E-state index in [0.717, 1.165) is 0 Å². The van der Waals surface area contributed by atoms with E-state index in [4.69, 9.17) is 32.7 Å². The van der Waals surface area contributed by atoms with Crippen molar-refractivity contribution < 1.29 is 23.9 Å². The number of anilines is 1. The van der Waals surface area contributed by atoms with Crippen LogP contribution in [0.5, 0.6) is 11.5 Å². The van der Waals surface area contributed by atoms with Gasteiger partial charge >= 0.3 is 11.8 Å². The van der Waals surface area contributed by atoms with Crippen LogP contribution in [0.25, 0.3) is 0 Å². The molecule has 0 bridgehead atoms. The number of rotatable bonds is 9. The summed E-state index contributed by atoms with van der Waals surface area (Å²) in [5.41, 5.74) is 3.10. The zero-order valence-corrected chi connectivity index (χ0v) is 18.5. The van der Waals surface area contributed by atoms with Gasteiger partial charge in [0.25, 0.3) is 5.91 Å². The molecule has 0 fully saturated rings. The predicted octanol–water partition coefficient (Wildman–Crippen LogP) is 2.77. The molecule has 3 amide bonds. The standard InChI is InChI=1S/C21H20Cl2N4O5/c1-3-6-24-20(29)21(30)27-25-11-13-4-5-17(18(7-13)31-2)32-12-19(28)26-16-9-14(22)8-15(23)10-16/h3-5,7-11H,1,6,12H2,2H3,(H,24,29)(H,26,28)(H,27,30)/b25-11-. The van der Waals surface area contributed by atoms with Crippen LogP contribution in [-0.4, -0.2) is 44.2 Å². The molecule has 2 rings (SSSR count). The summed E-state index contributed by atoms with van der Waals surface area (Å²) in [6.45, 7) is 3.31. The van der Waals surface area contributed by atoms with Crippen molar-refractivity contribution in [2.75, 3.05) is 25.6 Å². The Morgan fingerprint density at radius 2 is 1.78 bits per heavy atom. The maximum atomic E-state index is 12.1. The van der Waals surface area contributed by atoms with Gasteiger partial charge in [-0.15, -0.1) is 6.58 Å². The lowest BCUT2D eigenvalue weighted by Crippen LogP contribution is -2.37. The van der Waals surface area contributed by atoms with Crippen LogP contribution in [0.1, 0.15) is 5.56 Å². The molecule has 0 aliphatic heterocycles. The molecule has 0 spiro atoms. The Morgan fingerprint density at radius 1 is 1.06 bits per heavy atom. The van der Waals surface area contributed by atoms with E-state index in [9.17, 15) is 14.4 Å². The summed E-state index contributed by atoms with van der Waals surface area (Å²) < 4.78 is 10.8. The topological polar surface area (TPSA) is 118 Å². The number of nitrogens with one attached hydrogen (secondary N) is 3. The first kappa shape index (κ1) is 24.7. The number of halogens is 2. The first-order valence-corrected chi connectivity index (χ1v) is 9.87. The number of carbonyl (C=O) groups is 3. The fourth-order valence-electron chi connectivity index (χ4n) is 2.31. The van der Waals surface area contributed by atoms with Gasteiger partial charge in [0.05, 0.1) is 13.3 Å². The van der Waals surface area contributed by atoms with E-state index in [0.29, 0.717) is 32.8 Å². The minimum absolute atomic E-state index is 0.166. The van der Waals surface area contributed by atoms with Gasteiger partial charge in [-0.2, -0.15) is 5.10 Å². The summed E-state index contributed by atoms with van der Waals surface area (Å²) in [5.74, 6) is -1.52. The Hall–Kier alpha value is -3.56. The Kier molecular flexibility index (Phi) is 9.52. The highest BCUT2D eigenvalue weighted by molar-refractivity contribution is 6.35. The number of methoxy groups -OCH3 is 1. The van der Waals surface area contributed by atoms with Gasteiger partial charge < -0.3 is 20.1 Å². The molecule has 3 N–H and O–H groups in total. The molecule has 11 heteroatoms. The third-order valence-corrected chi connectivity index (χ3v) is 4.12. The quantitative estimate of drug-likeness (QED) is 0.221. The van der Waals surface area contributed by atoms with Crippen LogP contribution in [0.3, 0.4) is 0 Å². The normalized spacial score (nSPS) is 10.3. The molecule has 0 heterocycles. The van der Waals surface area contributed by atoms with Crippen LogP contribution in [0.15, 0.2) is 54.2 Å². The second-order valence-corrected chi connectivity index (χ2v) is 6.98. The molecule has 0 saturated carbocycles. The summed E-state index contributed by atoms with van der Waals surface area (Å²) >= 11 is 11.8. The van der Waals surface area contributed by atoms with E-state index in [-0.39, 0.29) is 13.2 Å². The molecule has 0 unspecified atom stereocenters. The average molecular weight is 479 g/mol. The van der Waals surface area contributed by atoms with Gasteiger partial charge in [0.1, 0.15) is 0 Å². The molecule has 2 aromatic rings. The fraction of sp³-hybridized carbons (Fsp3) is 0.143. The lowest BCUT2D eigenvalue weighted by Gasteiger charge is -2.12. The number of nitrogens with zero attached hydrogens (tertiary/aromatic N) is 1. The number of amides is 3. The lowest BCUT2D eigenvalue weighted by atomic mass is 10.2. The summed E-state index contributed by atoms with van der Waals surface area (Å²) in [5, 5.41) is 9.45. The predicted molar refractivity (Wildman–Crippen MR) is 123 cm³/mol. The van der Waals surface area contributed by atoms with Crippen molar-refractivity contribution in [2.45, 2.75) is 0 Å². The highest BCUT2D eigenvalue weighted by Crippen LogP contribution is 2.28. The number of carbonyl (C=O) groups excluding carboxylic acids is 3. The molecule has 168 valence electrons. The van der Waals surface area contributed by atoms with Crippen LogP contribution in [0.4, 0.5) is 5.69 Å². The van der Waals surface area contributed by atoms with Gasteiger partial charge in [0, 0.05) is 22.3 Å². The third kappa shape index (κ3) is 7.93. The minimum Gasteiger partial charge on any atom is -0.493 e. The molecule has 2 aromatic carbocycles. The van der Waals surface area contributed by atoms with Crippen molar-refractivity contribution in [2.24, 2.45) is 5.10 Å². The Bertz CT molecular complexity index is 1020. The van der Waals surface area contributed by atoms with Crippen molar-refractivity contribution in [1.82, 2.24) is 10.7 Å². The highest BCUT2D eigenvalue weighted by Gasteiger charge is 2.11. The van der Waals surface area contributed by atoms with Crippen molar-refractivity contribution >= 4 is 52.8 Å². The van der Waals surface area contributed by atoms with Gasteiger partial charge in [-0.3, -0.25) is 14.4 Å². The lowest BCUT2D eigenvalue weighted by molar-refractivity contribution is -0.139. The van der Waals surface area contributed by atoms with Crippen molar-refractivity contribution in [1.29, 1.82) is 0 Å². The number of benzene rings is 2. The van der Waals surface area contributed by atoms with Gasteiger partial charge in [0.15, 0.2) is 18.1 Å². The van der Waals surface area contributed by atoms with E-state index in [1.165, 1.54) is 19.4 Å². The summed E-state index contributed by atoms with van der Waals surface area (Å²) in [6.07, 6.45) is 2.77. The zero-order valence-electron chi connectivity index (χ0n) is 17.0. The van der Waals surface area contributed by atoms with Gasteiger partial charge in [0.2, 0.25) is 0 Å². The molecule has 0 aromatic heterocycles. The Balaban J connectivity index is 1.93. The molecule has 9 nitrogen and oxygen atoms in total. The van der Waals surface area contributed by atoms with Crippen LogP contribution in [0.2, 0.25) is 10.0 Å². The summed E-state index contributed by atoms with van der Waals surface area (Å²) in [6, 6.07) is 9.44. The van der Waals surface area contributed by atoms with Crippen LogP contribution in [0, 0.1) is 0 Å². The van der Waals surface area contributed by atoms with Crippen molar-refractivity contribution in [3.63, 3.8) is 0 Å². The molecule has 32 heavy (non-hydrogen) atoms. The first-order chi connectivity index (χ1) is 15.3. The van der Waals surface area contributed by atoms with Gasteiger partial charge in [-0.05, 0) is 42.0 Å². The fourth-order valence-corrected chi connectivity index (χ4v) is 2.84. The molecule has 0 atom stereocenters. The van der Waals surface area contributed by atoms with Crippen LogP contribution in [-0.2, 0) is 14.4 Å². The monoisotopic (exact) mass is 478 g/mol. The molecule has 0 saturated heterocycles. The number of hydrogen-bond acceptors (Lipinski definition) is 6. The SMILES string of the molecule is C=CCNC(=O)C(=O)N/N=C\c1ccc(OCC(=O)Nc2cc(Cl)cc(Cl)c2)c(OC)c1. The van der Waals surface area contributed by atoms with E-state index in [1.54, 1.807) is 36.4 Å². The number of hydrazone groups is 1. The maximum Gasteiger partial charge on any atom is 0.329 e. The summed E-state index contributed by atoms with van der Waals surface area (Å²) in [7, 11) is 1.43. The zero-order chi connectivity index (χ0) is 23.5. The van der Waals surface area contributed by atoms with Crippen molar-refractivity contribution in [3.05, 3.63) is 64.7 Å². The molecule has 0 aliphatic carbocycles. The summed E-state index contributed by atoms with van der Waals surface area (Å²) in [4.78, 5) is 35.1. The largest absolute Gasteiger partial charge is 0.493 e.